The van der Waals surface area contributed by atoms with Gasteiger partial charge in [-0.2, -0.15) is 0 Å². The minimum absolute atomic E-state index is 0.0855. The maximum atomic E-state index is 9.94. The molecule has 2 aliphatic rings. The molecular weight excluding hydrogens is 198 g/mol. The predicted octanol–water partition coefficient (Wildman–Crippen LogP) is 2.85. The van der Waals surface area contributed by atoms with Crippen molar-refractivity contribution in [2.24, 2.45) is 5.92 Å². The molecule has 0 amide bonds. The van der Waals surface area contributed by atoms with Crippen LogP contribution in [0.15, 0.2) is 0 Å². The molecule has 0 spiro atoms. The highest BCUT2D eigenvalue weighted by Gasteiger charge is 2.27. The molecule has 2 N–H and O–H groups in total. The molecule has 0 bridgehead atoms. The summed E-state index contributed by atoms with van der Waals surface area (Å²) in [6.45, 7) is 2.31. The van der Waals surface area contributed by atoms with Crippen molar-refractivity contribution in [3.05, 3.63) is 0 Å². The van der Waals surface area contributed by atoms with Crippen molar-refractivity contribution in [1.82, 2.24) is 5.32 Å². The second-order valence-electron chi connectivity index (χ2n) is 5.75. The van der Waals surface area contributed by atoms with E-state index >= 15 is 0 Å². The van der Waals surface area contributed by atoms with Crippen LogP contribution in [0.25, 0.3) is 0 Å². The Labute approximate surface area is 99.8 Å². The summed E-state index contributed by atoms with van der Waals surface area (Å²) in [4.78, 5) is 0. The molecule has 0 unspecified atom stereocenters. The lowest BCUT2D eigenvalue weighted by molar-refractivity contribution is 0.0796. The maximum absolute atomic E-state index is 9.94. The van der Waals surface area contributed by atoms with E-state index in [-0.39, 0.29) is 6.10 Å². The zero-order chi connectivity index (χ0) is 11.4. The lowest BCUT2D eigenvalue weighted by atomic mass is 9.83. The van der Waals surface area contributed by atoms with Crippen molar-refractivity contribution >= 4 is 0 Å². The van der Waals surface area contributed by atoms with Gasteiger partial charge in [-0.1, -0.05) is 26.2 Å². The van der Waals surface area contributed by atoms with Gasteiger partial charge >= 0.3 is 0 Å². The minimum Gasteiger partial charge on any atom is -0.392 e. The molecule has 2 rings (SSSR count). The molecule has 0 aliphatic heterocycles. The van der Waals surface area contributed by atoms with Gasteiger partial charge in [0.2, 0.25) is 0 Å². The van der Waals surface area contributed by atoms with Crippen LogP contribution in [0, 0.1) is 5.92 Å². The van der Waals surface area contributed by atoms with Gasteiger partial charge in [0.05, 0.1) is 6.10 Å². The third-order valence-electron chi connectivity index (χ3n) is 4.60. The first-order chi connectivity index (χ1) is 7.79. The van der Waals surface area contributed by atoms with Crippen molar-refractivity contribution in [2.75, 3.05) is 0 Å². The molecular formula is C14H27NO. The molecule has 0 saturated heterocycles. The van der Waals surface area contributed by atoms with Crippen LogP contribution in [0.5, 0.6) is 0 Å². The molecule has 0 aromatic carbocycles. The van der Waals surface area contributed by atoms with E-state index in [1.165, 1.54) is 51.4 Å². The third-order valence-corrected chi connectivity index (χ3v) is 4.60. The first-order valence-electron chi connectivity index (χ1n) is 7.23. The Morgan fingerprint density at radius 3 is 2.31 bits per heavy atom. The fraction of sp³-hybridized carbons (Fsp3) is 1.00. The van der Waals surface area contributed by atoms with Gasteiger partial charge < -0.3 is 10.4 Å². The van der Waals surface area contributed by atoms with Gasteiger partial charge in [0.1, 0.15) is 0 Å². The molecule has 2 aliphatic carbocycles. The van der Waals surface area contributed by atoms with E-state index in [9.17, 15) is 5.11 Å². The zero-order valence-corrected chi connectivity index (χ0v) is 10.6. The van der Waals surface area contributed by atoms with E-state index in [0.29, 0.717) is 12.1 Å². The van der Waals surface area contributed by atoms with Crippen LogP contribution in [0.2, 0.25) is 0 Å². The Morgan fingerprint density at radius 2 is 1.69 bits per heavy atom. The average molecular weight is 225 g/mol. The first-order valence-corrected chi connectivity index (χ1v) is 7.23. The number of hydrogen-bond acceptors (Lipinski definition) is 2. The number of aliphatic hydroxyl groups is 1. The van der Waals surface area contributed by atoms with E-state index in [4.69, 9.17) is 0 Å². The Balaban J connectivity index is 1.73. The van der Waals surface area contributed by atoms with Crippen LogP contribution < -0.4 is 5.32 Å². The smallest absolute Gasteiger partial charge is 0.0693 e. The molecule has 0 aromatic heterocycles. The number of nitrogens with one attached hydrogen (secondary N) is 1. The topological polar surface area (TPSA) is 32.3 Å². The molecule has 16 heavy (non-hydrogen) atoms. The van der Waals surface area contributed by atoms with E-state index in [1.54, 1.807) is 0 Å². The lowest BCUT2D eigenvalue weighted by Crippen LogP contribution is -2.48. The molecule has 0 radical (unpaired) electrons. The van der Waals surface area contributed by atoms with Crippen LogP contribution in [-0.2, 0) is 0 Å². The summed E-state index contributed by atoms with van der Waals surface area (Å²) in [6.07, 6.45) is 11.4. The summed E-state index contributed by atoms with van der Waals surface area (Å²) < 4.78 is 0. The van der Waals surface area contributed by atoms with Crippen LogP contribution in [-0.4, -0.2) is 23.3 Å². The van der Waals surface area contributed by atoms with Crippen molar-refractivity contribution < 1.29 is 5.11 Å². The highest BCUT2D eigenvalue weighted by Crippen LogP contribution is 2.28. The quantitative estimate of drug-likeness (QED) is 0.774. The van der Waals surface area contributed by atoms with Crippen LogP contribution in [0.1, 0.15) is 64.7 Å². The van der Waals surface area contributed by atoms with Crippen molar-refractivity contribution in [1.29, 1.82) is 0 Å². The Hall–Kier alpha value is -0.0800. The normalized spacial score (nSPS) is 40.9. The Kier molecular flexibility index (Phi) is 4.66. The number of aliphatic hydroxyl groups excluding tert-OH is 1. The maximum Gasteiger partial charge on any atom is 0.0693 e. The molecule has 2 fully saturated rings. The lowest BCUT2D eigenvalue weighted by Gasteiger charge is -2.35. The summed E-state index contributed by atoms with van der Waals surface area (Å²) in [5, 5.41) is 13.6. The van der Waals surface area contributed by atoms with Crippen LogP contribution in [0.4, 0.5) is 0 Å². The highest BCUT2D eigenvalue weighted by atomic mass is 16.3. The minimum atomic E-state index is -0.0855. The molecule has 0 aromatic rings. The predicted molar refractivity (Wildman–Crippen MR) is 67.4 cm³/mol. The summed E-state index contributed by atoms with van der Waals surface area (Å²) in [5.74, 6) is 0.967. The van der Waals surface area contributed by atoms with Crippen LogP contribution in [0.3, 0.4) is 0 Å². The fourth-order valence-electron chi connectivity index (χ4n) is 3.35. The standard InChI is InChI=1S/C14H27NO/c1-2-11-7-9-12(10-8-11)15-13-5-3-4-6-14(13)16/h11-16H,2-10H2,1H3/t11?,12?,13-,14-/m1/s1. The Bertz CT molecular complexity index is 199. The average Bonchev–Trinajstić information content (AvgIpc) is 2.33. The van der Waals surface area contributed by atoms with Gasteiger partial charge in [-0.15, -0.1) is 0 Å². The SMILES string of the molecule is CCC1CCC(N[C@@H]2CCCC[C@H]2O)CC1. The summed E-state index contributed by atoms with van der Waals surface area (Å²) >= 11 is 0. The molecule has 2 heteroatoms. The van der Waals surface area contributed by atoms with Crippen LogP contribution >= 0.6 is 0 Å². The molecule has 94 valence electrons. The van der Waals surface area contributed by atoms with Crippen molar-refractivity contribution in [3.8, 4) is 0 Å². The molecule has 2 saturated carbocycles. The number of hydrogen-bond donors (Lipinski definition) is 2. The van der Waals surface area contributed by atoms with Gasteiger partial charge in [-0.3, -0.25) is 0 Å². The monoisotopic (exact) mass is 225 g/mol. The largest absolute Gasteiger partial charge is 0.392 e. The Morgan fingerprint density at radius 1 is 1.00 bits per heavy atom. The second kappa shape index (κ2) is 6.02. The fourth-order valence-corrected chi connectivity index (χ4v) is 3.35. The summed E-state index contributed by atoms with van der Waals surface area (Å²) in [7, 11) is 0. The zero-order valence-electron chi connectivity index (χ0n) is 10.6. The summed E-state index contributed by atoms with van der Waals surface area (Å²) in [6, 6.07) is 1.07. The van der Waals surface area contributed by atoms with Crippen molar-refractivity contribution in [2.45, 2.75) is 82.9 Å². The van der Waals surface area contributed by atoms with Gasteiger partial charge in [-0.05, 0) is 44.4 Å². The molecule has 2 nitrogen and oxygen atoms in total. The second-order valence-corrected chi connectivity index (χ2v) is 5.75. The van der Waals surface area contributed by atoms with E-state index < -0.39 is 0 Å². The van der Waals surface area contributed by atoms with Gasteiger partial charge in [0.25, 0.3) is 0 Å². The number of rotatable bonds is 3. The van der Waals surface area contributed by atoms with E-state index in [2.05, 4.69) is 12.2 Å². The molecule has 2 atom stereocenters. The van der Waals surface area contributed by atoms with Gasteiger partial charge in [0.15, 0.2) is 0 Å². The van der Waals surface area contributed by atoms with Gasteiger partial charge in [-0.25, -0.2) is 0 Å². The van der Waals surface area contributed by atoms with E-state index in [1.807, 2.05) is 0 Å². The third kappa shape index (κ3) is 3.21. The van der Waals surface area contributed by atoms with E-state index in [0.717, 1.165) is 12.3 Å². The highest BCUT2D eigenvalue weighted by molar-refractivity contribution is 4.85. The van der Waals surface area contributed by atoms with Gasteiger partial charge in [0, 0.05) is 12.1 Å². The first kappa shape index (κ1) is 12.4. The van der Waals surface area contributed by atoms with Crippen molar-refractivity contribution in [3.63, 3.8) is 0 Å². The summed E-state index contributed by atoms with van der Waals surface area (Å²) in [5.41, 5.74) is 0. The molecule has 0 heterocycles.